The molecule has 2 amide bonds. The van der Waals surface area contributed by atoms with E-state index in [2.05, 4.69) is 13.8 Å². The van der Waals surface area contributed by atoms with Crippen LogP contribution in [0.1, 0.15) is 30.5 Å². The predicted molar refractivity (Wildman–Crippen MR) is 119 cm³/mol. The summed E-state index contributed by atoms with van der Waals surface area (Å²) in [7, 11) is 1.92. The van der Waals surface area contributed by atoms with Gasteiger partial charge in [-0.3, -0.25) is 4.90 Å². The van der Waals surface area contributed by atoms with Crippen molar-refractivity contribution in [2.24, 2.45) is 13.0 Å². The summed E-state index contributed by atoms with van der Waals surface area (Å²) in [6.07, 6.45) is 3.81. The zero-order valence-electron chi connectivity index (χ0n) is 18.2. The van der Waals surface area contributed by atoms with Gasteiger partial charge >= 0.3 is 6.03 Å². The Labute approximate surface area is 182 Å². The van der Waals surface area contributed by atoms with Crippen LogP contribution in [0.2, 0.25) is 0 Å². The lowest BCUT2D eigenvalue weighted by Crippen LogP contribution is -2.40. The number of para-hydroxylation sites is 1. The molecule has 0 saturated carbocycles. The Balaban J connectivity index is 1.68. The largest absolute Gasteiger partial charge is 0.493 e. The van der Waals surface area contributed by atoms with Crippen LogP contribution < -0.4 is 9.64 Å². The number of amides is 2. The van der Waals surface area contributed by atoms with E-state index in [-0.39, 0.29) is 11.8 Å². The van der Waals surface area contributed by atoms with Crippen molar-refractivity contribution >= 4 is 11.7 Å². The molecule has 1 aliphatic heterocycles. The Bertz CT molecular complexity index is 1080. The second-order valence-corrected chi connectivity index (χ2v) is 8.49. The number of carbonyl (C=O) groups excluding carboxylic acids is 1. The first-order chi connectivity index (χ1) is 14.9. The van der Waals surface area contributed by atoms with Gasteiger partial charge in [0.05, 0.1) is 25.4 Å². The van der Waals surface area contributed by atoms with Gasteiger partial charge in [-0.2, -0.15) is 0 Å². The van der Waals surface area contributed by atoms with Crippen LogP contribution in [0.15, 0.2) is 60.9 Å². The van der Waals surface area contributed by atoms with E-state index in [1.54, 1.807) is 15.9 Å². The van der Waals surface area contributed by atoms with Crippen molar-refractivity contribution in [3.63, 3.8) is 0 Å². The Hall–Kier alpha value is -3.28. The smallest absolute Gasteiger partial charge is 0.325 e. The van der Waals surface area contributed by atoms with Crippen LogP contribution in [0.4, 0.5) is 14.9 Å². The lowest BCUT2D eigenvalue weighted by Gasteiger charge is -2.28. The summed E-state index contributed by atoms with van der Waals surface area (Å²) in [4.78, 5) is 17.1. The molecule has 0 bridgehead atoms. The van der Waals surface area contributed by atoms with Crippen LogP contribution in [0, 0.1) is 11.7 Å². The number of fused-ring (bicyclic) bond motifs is 1. The predicted octanol–water partition coefficient (Wildman–Crippen LogP) is 5.34. The standard InChI is InChI=1S/C25H28FN3O2/c1-18(2)17-31-24-7-5-4-6-20(24)14-28-13-19-8-9-22(26)12-21(19)15-29(25(28)30)23-10-11-27(3)16-23/h4-12,16,18H,13-15,17H2,1-3H3. The lowest BCUT2D eigenvalue weighted by molar-refractivity contribution is 0.199. The summed E-state index contributed by atoms with van der Waals surface area (Å²) in [5, 5.41) is 0. The van der Waals surface area contributed by atoms with Crippen LogP contribution in [0.5, 0.6) is 5.75 Å². The summed E-state index contributed by atoms with van der Waals surface area (Å²) in [5.74, 6) is 0.905. The molecule has 0 spiro atoms. The number of halogens is 1. The quantitative estimate of drug-likeness (QED) is 0.539. The first kappa shape index (κ1) is 21.0. The second kappa shape index (κ2) is 8.84. The number of ether oxygens (including phenoxy) is 1. The molecule has 0 fully saturated rings. The Kier molecular flexibility index (Phi) is 5.98. The molecule has 4 rings (SSSR count). The van der Waals surface area contributed by atoms with E-state index in [1.165, 1.54) is 12.1 Å². The van der Waals surface area contributed by atoms with Crippen molar-refractivity contribution in [1.82, 2.24) is 9.47 Å². The highest BCUT2D eigenvalue weighted by molar-refractivity contribution is 5.92. The Morgan fingerprint density at radius 3 is 2.61 bits per heavy atom. The average Bonchev–Trinajstić information content (AvgIpc) is 3.12. The summed E-state index contributed by atoms with van der Waals surface area (Å²) in [5.41, 5.74) is 3.52. The minimum absolute atomic E-state index is 0.110. The number of nitrogens with zero attached hydrogens (tertiary/aromatic N) is 3. The van der Waals surface area contributed by atoms with E-state index < -0.39 is 0 Å². The normalized spacial score (nSPS) is 14.0. The highest BCUT2D eigenvalue weighted by atomic mass is 19.1. The molecule has 1 aromatic heterocycles. The van der Waals surface area contributed by atoms with Crippen LogP contribution >= 0.6 is 0 Å². The molecule has 3 aromatic rings. The SMILES string of the molecule is CC(C)COc1ccccc1CN1Cc2ccc(F)cc2CN(c2ccn(C)c2)C1=O. The third-order valence-corrected chi connectivity index (χ3v) is 5.39. The van der Waals surface area contributed by atoms with Gasteiger partial charge in [-0.1, -0.05) is 38.1 Å². The number of rotatable bonds is 6. The maximum Gasteiger partial charge on any atom is 0.325 e. The summed E-state index contributed by atoms with van der Waals surface area (Å²) in [6.45, 7) is 5.98. The van der Waals surface area contributed by atoms with Gasteiger partial charge in [0.25, 0.3) is 0 Å². The molecule has 0 unspecified atom stereocenters. The summed E-state index contributed by atoms with van der Waals surface area (Å²) >= 11 is 0. The number of hydrogen-bond acceptors (Lipinski definition) is 2. The van der Waals surface area contributed by atoms with Gasteiger partial charge in [0.1, 0.15) is 11.6 Å². The fourth-order valence-electron chi connectivity index (χ4n) is 3.79. The van der Waals surface area contributed by atoms with Gasteiger partial charge in [0, 0.05) is 31.5 Å². The molecular weight excluding hydrogens is 393 g/mol. The molecule has 1 aliphatic rings. The maximum absolute atomic E-state index is 14.0. The van der Waals surface area contributed by atoms with Crippen molar-refractivity contribution < 1.29 is 13.9 Å². The Morgan fingerprint density at radius 2 is 1.87 bits per heavy atom. The molecule has 6 heteroatoms. The van der Waals surface area contributed by atoms with Gasteiger partial charge < -0.3 is 14.2 Å². The molecule has 2 aromatic carbocycles. The van der Waals surface area contributed by atoms with E-state index >= 15 is 0 Å². The van der Waals surface area contributed by atoms with E-state index in [4.69, 9.17) is 4.74 Å². The van der Waals surface area contributed by atoms with Crippen molar-refractivity contribution in [2.45, 2.75) is 33.5 Å². The number of carbonyl (C=O) groups is 1. The highest BCUT2D eigenvalue weighted by Gasteiger charge is 2.29. The minimum atomic E-state index is -0.292. The molecule has 0 saturated heterocycles. The van der Waals surface area contributed by atoms with Gasteiger partial charge in [-0.25, -0.2) is 9.18 Å². The van der Waals surface area contributed by atoms with Crippen LogP contribution in [-0.2, 0) is 26.7 Å². The van der Waals surface area contributed by atoms with Gasteiger partial charge in [0.2, 0.25) is 0 Å². The lowest BCUT2D eigenvalue weighted by atomic mass is 10.1. The number of aromatic nitrogens is 1. The monoisotopic (exact) mass is 421 g/mol. The number of anilines is 1. The van der Waals surface area contributed by atoms with Gasteiger partial charge in [-0.05, 0) is 41.3 Å². The fourth-order valence-corrected chi connectivity index (χ4v) is 3.79. The molecule has 162 valence electrons. The fraction of sp³-hybridized carbons (Fsp3) is 0.320. The van der Waals surface area contributed by atoms with Crippen LogP contribution in [-0.4, -0.2) is 22.1 Å². The molecule has 0 atom stereocenters. The van der Waals surface area contributed by atoms with Gasteiger partial charge in [0.15, 0.2) is 0 Å². The minimum Gasteiger partial charge on any atom is -0.493 e. The number of urea groups is 1. The van der Waals surface area contributed by atoms with Gasteiger partial charge in [-0.15, -0.1) is 0 Å². The third-order valence-electron chi connectivity index (χ3n) is 5.39. The molecule has 2 heterocycles. The molecule has 31 heavy (non-hydrogen) atoms. The molecule has 5 nitrogen and oxygen atoms in total. The van der Waals surface area contributed by atoms with Crippen LogP contribution in [0.3, 0.4) is 0 Å². The zero-order chi connectivity index (χ0) is 22.0. The first-order valence-corrected chi connectivity index (χ1v) is 10.6. The molecule has 0 radical (unpaired) electrons. The van der Waals surface area contributed by atoms with Crippen molar-refractivity contribution in [3.05, 3.63) is 83.4 Å². The van der Waals surface area contributed by atoms with E-state index in [9.17, 15) is 9.18 Å². The summed E-state index contributed by atoms with van der Waals surface area (Å²) in [6, 6.07) is 14.4. The molecular formula is C25H28FN3O2. The maximum atomic E-state index is 14.0. The van der Waals surface area contributed by atoms with E-state index in [0.717, 1.165) is 28.1 Å². The first-order valence-electron chi connectivity index (χ1n) is 10.6. The third kappa shape index (κ3) is 4.74. The van der Waals surface area contributed by atoms with Crippen LogP contribution in [0.25, 0.3) is 0 Å². The number of hydrogen-bond donors (Lipinski definition) is 0. The van der Waals surface area contributed by atoms with Crippen molar-refractivity contribution in [3.8, 4) is 5.75 Å². The Morgan fingerprint density at radius 1 is 1.06 bits per heavy atom. The van der Waals surface area contributed by atoms with Crippen molar-refractivity contribution in [2.75, 3.05) is 11.5 Å². The summed E-state index contributed by atoms with van der Waals surface area (Å²) < 4.78 is 21.9. The highest BCUT2D eigenvalue weighted by Crippen LogP contribution is 2.29. The van der Waals surface area contributed by atoms with E-state index in [0.29, 0.717) is 32.2 Å². The molecule has 0 aliphatic carbocycles. The zero-order valence-corrected chi connectivity index (χ0v) is 18.2. The molecule has 0 N–H and O–H groups in total. The number of aryl methyl sites for hydroxylation is 1. The van der Waals surface area contributed by atoms with E-state index in [1.807, 2.05) is 54.3 Å². The average molecular weight is 422 g/mol. The van der Waals surface area contributed by atoms with Crippen molar-refractivity contribution in [1.29, 1.82) is 0 Å². The number of benzene rings is 2. The topological polar surface area (TPSA) is 37.7 Å². The second-order valence-electron chi connectivity index (χ2n) is 8.49.